The largest absolute Gasteiger partial charge is 0.381 e. The summed E-state index contributed by atoms with van der Waals surface area (Å²) >= 11 is 0. The van der Waals surface area contributed by atoms with Gasteiger partial charge < -0.3 is 4.74 Å². The van der Waals surface area contributed by atoms with Crippen molar-refractivity contribution in [1.82, 2.24) is 0 Å². The lowest BCUT2D eigenvalue weighted by atomic mass is 10.2. The molecule has 0 aromatic heterocycles. The minimum atomic E-state index is 0.682. The van der Waals surface area contributed by atoms with Crippen molar-refractivity contribution in [1.29, 1.82) is 0 Å². The van der Waals surface area contributed by atoms with Crippen LogP contribution in [0.3, 0.4) is 0 Å². The normalized spacial score (nSPS) is 9.00. The predicted octanol–water partition coefficient (Wildman–Crippen LogP) is 3.10. The van der Waals surface area contributed by atoms with Gasteiger partial charge in [-0.05, 0) is 12.3 Å². The first-order chi connectivity index (χ1) is 4.77. The van der Waals surface area contributed by atoms with Crippen LogP contribution in [0.15, 0.2) is 0 Å². The lowest BCUT2D eigenvalue weighted by Gasteiger charge is -2.03. The van der Waals surface area contributed by atoms with Crippen LogP contribution in [0.2, 0.25) is 0 Å². The molecule has 0 saturated heterocycles. The van der Waals surface area contributed by atoms with E-state index in [4.69, 9.17) is 4.74 Å². The minimum Gasteiger partial charge on any atom is -0.381 e. The summed E-state index contributed by atoms with van der Waals surface area (Å²) in [6.07, 6.45) is 1.13. The molecule has 64 valence electrons. The standard InChI is InChI=1S/C7H16O.C2H6/c1-4-5-8-6-7(2)3;1-2/h7H,4-6H2,1-3H3;1-2H3. The second-order valence-corrected chi connectivity index (χ2v) is 2.47. The van der Waals surface area contributed by atoms with Crippen LogP contribution >= 0.6 is 0 Å². The van der Waals surface area contributed by atoms with Crippen molar-refractivity contribution in [3.63, 3.8) is 0 Å². The van der Waals surface area contributed by atoms with Crippen LogP contribution in [-0.4, -0.2) is 13.2 Å². The molecule has 0 aliphatic rings. The van der Waals surface area contributed by atoms with E-state index in [1.54, 1.807) is 0 Å². The maximum atomic E-state index is 5.24. The van der Waals surface area contributed by atoms with Gasteiger partial charge in [0.15, 0.2) is 0 Å². The third-order valence-electron chi connectivity index (χ3n) is 0.800. The van der Waals surface area contributed by atoms with Crippen LogP contribution in [-0.2, 0) is 4.74 Å². The van der Waals surface area contributed by atoms with Gasteiger partial charge in [-0.3, -0.25) is 0 Å². The summed E-state index contributed by atoms with van der Waals surface area (Å²) in [5.41, 5.74) is 0. The van der Waals surface area contributed by atoms with Gasteiger partial charge in [-0.25, -0.2) is 0 Å². The number of hydrogen-bond donors (Lipinski definition) is 0. The molecule has 0 bridgehead atoms. The Morgan fingerprint density at radius 1 is 1.20 bits per heavy atom. The maximum Gasteiger partial charge on any atom is 0.0488 e. The molecule has 1 nitrogen and oxygen atoms in total. The van der Waals surface area contributed by atoms with Crippen LogP contribution in [0.25, 0.3) is 0 Å². The second-order valence-electron chi connectivity index (χ2n) is 2.47. The Labute approximate surface area is 65.8 Å². The highest BCUT2D eigenvalue weighted by atomic mass is 16.5. The number of ether oxygens (including phenoxy) is 1. The van der Waals surface area contributed by atoms with Crippen molar-refractivity contribution in [2.45, 2.75) is 41.0 Å². The molecule has 0 saturated carbocycles. The highest BCUT2D eigenvalue weighted by Crippen LogP contribution is 1.92. The Hall–Kier alpha value is -0.0400. The van der Waals surface area contributed by atoms with Crippen molar-refractivity contribution < 1.29 is 4.74 Å². The molecule has 0 amide bonds. The minimum absolute atomic E-state index is 0.682. The molecule has 0 fully saturated rings. The summed E-state index contributed by atoms with van der Waals surface area (Å²) in [6, 6.07) is 0. The van der Waals surface area contributed by atoms with E-state index in [0.717, 1.165) is 19.6 Å². The Morgan fingerprint density at radius 2 is 1.70 bits per heavy atom. The first kappa shape index (κ1) is 12.6. The van der Waals surface area contributed by atoms with Crippen LogP contribution in [0, 0.1) is 5.92 Å². The molecule has 0 heterocycles. The van der Waals surface area contributed by atoms with Crippen LogP contribution < -0.4 is 0 Å². The van der Waals surface area contributed by atoms with Gasteiger partial charge >= 0.3 is 0 Å². The summed E-state index contributed by atoms with van der Waals surface area (Å²) in [5, 5.41) is 0. The van der Waals surface area contributed by atoms with Gasteiger partial charge in [0.2, 0.25) is 0 Å². The van der Waals surface area contributed by atoms with Gasteiger partial charge in [-0.15, -0.1) is 0 Å². The monoisotopic (exact) mass is 146 g/mol. The van der Waals surface area contributed by atoms with E-state index >= 15 is 0 Å². The van der Waals surface area contributed by atoms with Crippen LogP contribution in [0.4, 0.5) is 0 Å². The van der Waals surface area contributed by atoms with Crippen LogP contribution in [0.5, 0.6) is 0 Å². The fourth-order valence-corrected chi connectivity index (χ4v) is 0.463. The Kier molecular flexibility index (Phi) is 14.8. The average molecular weight is 146 g/mol. The second kappa shape index (κ2) is 11.7. The maximum absolute atomic E-state index is 5.24. The van der Waals surface area contributed by atoms with E-state index in [-0.39, 0.29) is 0 Å². The van der Waals surface area contributed by atoms with E-state index in [0.29, 0.717) is 5.92 Å². The van der Waals surface area contributed by atoms with E-state index in [1.807, 2.05) is 13.8 Å². The lowest BCUT2D eigenvalue weighted by Crippen LogP contribution is -2.01. The predicted molar refractivity (Wildman–Crippen MR) is 47.3 cm³/mol. The van der Waals surface area contributed by atoms with Crippen molar-refractivity contribution >= 4 is 0 Å². The molecule has 0 atom stereocenters. The van der Waals surface area contributed by atoms with E-state index in [9.17, 15) is 0 Å². The summed E-state index contributed by atoms with van der Waals surface area (Å²) in [4.78, 5) is 0. The molecule has 0 aliphatic heterocycles. The van der Waals surface area contributed by atoms with Gasteiger partial charge in [0.1, 0.15) is 0 Å². The Bertz CT molecular complexity index is 42.0. The number of hydrogen-bond acceptors (Lipinski definition) is 1. The Balaban J connectivity index is 0. The molecule has 1 heteroatoms. The highest BCUT2D eigenvalue weighted by Gasteiger charge is 1.89. The van der Waals surface area contributed by atoms with E-state index < -0.39 is 0 Å². The summed E-state index contributed by atoms with van der Waals surface area (Å²) in [7, 11) is 0. The zero-order valence-corrected chi connectivity index (χ0v) is 8.11. The zero-order chi connectivity index (χ0) is 8.41. The van der Waals surface area contributed by atoms with Gasteiger partial charge in [-0.1, -0.05) is 34.6 Å². The Morgan fingerprint density at radius 3 is 2.00 bits per heavy atom. The van der Waals surface area contributed by atoms with Crippen molar-refractivity contribution in [2.75, 3.05) is 13.2 Å². The lowest BCUT2D eigenvalue weighted by molar-refractivity contribution is 0.110. The summed E-state index contributed by atoms with van der Waals surface area (Å²) in [6.45, 7) is 12.3. The molecule has 0 aromatic rings. The third kappa shape index (κ3) is 15.7. The quantitative estimate of drug-likeness (QED) is 0.554. The van der Waals surface area contributed by atoms with Gasteiger partial charge in [0.05, 0.1) is 0 Å². The van der Waals surface area contributed by atoms with Crippen molar-refractivity contribution in [3.8, 4) is 0 Å². The van der Waals surface area contributed by atoms with Gasteiger partial charge in [-0.2, -0.15) is 0 Å². The molecule has 0 aromatic carbocycles. The molecule has 0 unspecified atom stereocenters. The molecule has 10 heavy (non-hydrogen) atoms. The van der Waals surface area contributed by atoms with Gasteiger partial charge in [0, 0.05) is 13.2 Å². The first-order valence-electron chi connectivity index (χ1n) is 4.35. The fourth-order valence-electron chi connectivity index (χ4n) is 0.463. The van der Waals surface area contributed by atoms with Gasteiger partial charge in [0.25, 0.3) is 0 Å². The topological polar surface area (TPSA) is 9.23 Å². The molecular weight excluding hydrogens is 124 g/mol. The van der Waals surface area contributed by atoms with E-state index in [1.165, 1.54) is 0 Å². The molecular formula is C9H22O. The fraction of sp³-hybridized carbons (Fsp3) is 1.00. The van der Waals surface area contributed by atoms with E-state index in [2.05, 4.69) is 20.8 Å². The summed E-state index contributed by atoms with van der Waals surface area (Å²) < 4.78 is 5.24. The van der Waals surface area contributed by atoms with Crippen molar-refractivity contribution in [2.24, 2.45) is 5.92 Å². The highest BCUT2D eigenvalue weighted by molar-refractivity contribution is 4.38. The zero-order valence-electron chi connectivity index (χ0n) is 8.11. The average Bonchev–Trinajstić information content (AvgIpc) is 1.92. The molecule has 0 rings (SSSR count). The van der Waals surface area contributed by atoms with Crippen molar-refractivity contribution in [3.05, 3.63) is 0 Å². The third-order valence-corrected chi connectivity index (χ3v) is 0.800. The molecule has 0 aliphatic carbocycles. The van der Waals surface area contributed by atoms with Crippen LogP contribution in [0.1, 0.15) is 41.0 Å². The SMILES string of the molecule is CC.CCCOCC(C)C. The molecule has 0 radical (unpaired) electrons. The molecule has 0 N–H and O–H groups in total. The molecule has 0 spiro atoms. The summed E-state index contributed by atoms with van der Waals surface area (Å²) in [5.74, 6) is 0.682. The first-order valence-corrected chi connectivity index (χ1v) is 4.35. The number of rotatable bonds is 4. The smallest absolute Gasteiger partial charge is 0.0488 e.